The van der Waals surface area contributed by atoms with Crippen LogP contribution in [0.3, 0.4) is 0 Å². The third kappa shape index (κ3) is 2.36. The number of carbonyl (C=O) groups is 2. The van der Waals surface area contributed by atoms with E-state index in [0.29, 0.717) is 6.42 Å². The summed E-state index contributed by atoms with van der Waals surface area (Å²) in [6, 6.07) is 7.84. The van der Waals surface area contributed by atoms with Gasteiger partial charge < -0.3 is 10.4 Å². The minimum atomic E-state index is -1.02. The summed E-state index contributed by atoms with van der Waals surface area (Å²) in [5.41, 5.74) is 1.16. The maximum absolute atomic E-state index is 11.6. The van der Waals surface area contributed by atoms with Gasteiger partial charge in [0.05, 0.1) is 5.25 Å². The molecule has 1 atom stereocenters. The van der Waals surface area contributed by atoms with Gasteiger partial charge in [0, 0.05) is 4.90 Å². The summed E-state index contributed by atoms with van der Waals surface area (Å²) >= 11 is 1.49. The molecule has 0 bridgehead atoms. The van der Waals surface area contributed by atoms with Crippen molar-refractivity contribution in [3.8, 4) is 0 Å². The summed E-state index contributed by atoms with van der Waals surface area (Å²) in [5.74, 6) is -1.22. The topological polar surface area (TPSA) is 66.4 Å². The number of carboxylic acid groups (broad SMARTS) is 1. The van der Waals surface area contributed by atoms with Gasteiger partial charge in [-0.3, -0.25) is 9.59 Å². The molecular formula is C11H11NO3S. The molecule has 0 aromatic heterocycles. The van der Waals surface area contributed by atoms with Gasteiger partial charge in [-0.1, -0.05) is 18.2 Å². The van der Waals surface area contributed by atoms with Gasteiger partial charge >= 0.3 is 5.97 Å². The first-order valence-electron chi connectivity index (χ1n) is 4.91. The van der Waals surface area contributed by atoms with E-state index < -0.39 is 5.97 Å². The van der Waals surface area contributed by atoms with Crippen LogP contribution in [0.1, 0.15) is 5.56 Å². The van der Waals surface area contributed by atoms with Gasteiger partial charge in [0.25, 0.3) is 0 Å². The smallest absolute Gasteiger partial charge is 0.322 e. The molecule has 0 spiro atoms. The van der Waals surface area contributed by atoms with E-state index in [1.54, 1.807) is 0 Å². The second kappa shape index (κ2) is 4.57. The van der Waals surface area contributed by atoms with Crippen molar-refractivity contribution in [2.45, 2.75) is 16.6 Å². The second-order valence-corrected chi connectivity index (χ2v) is 4.77. The molecule has 84 valence electrons. The number of carboxylic acids is 1. The van der Waals surface area contributed by atoms with Crippen molar-refractivity contribution < 1.29 is 14.7 Å². The number of benzene rings is 1. The summed E-state index contributed by atoms with van der Waals surface area (Å²) in [6.45, 7) is -0.313. The highest BCUT2D eigenvalue weighted by molar-refractivity contribution is 8.01. The van der Waals surface area contributed by atoms with Gasteiger partial charge in [0.15, 0.2) is 0 Å². The van der Waals surface area contributed by atoms with Crippen molar-refractivity contribution in [1.29, 1.82) is 0 Å². The number of amides is 1. The Morgan fingerprint density at radius 2 is 2.19 bits per heavy atom. The standard InChI is InChI=1S/C11H11NO3S/c13-10(14)6-12-11(15)9-5-7-3-1-2-4-8(7)16-9/h1-4,9H,5-6H2,(H,12,15)(H,13,14). The van der Waals surface area contributed by atoms with E-state index in [-0.39, 0.29) is 17.7 Å². The van der Waals surface area contributed by atoms with Crippen LogP contribution in [-0.2, 0) is 16.0 Å². The summed E-state index contributed by atoms with van der Waals surface area (Å²) < 4.78 is 0. The Morgan fingerprint density at radius 1 is 1.44 bits per heavy atom. The summed E-state index contributed by atoms with van der Waals surface area (Å²) in [4.78, 5) is 23.0. The molecule has 1 aliphatic rings. The van der Waals surface area contributed by atoms with Crippen LogP contribution in [0.5, 0.6) is 0 Å². The van der Waals surface area contributed by atoms with Gasteiger partial charge in [-0.25, -0.2) is 0 Å². The molecule has 1 aromatic carbocycles. The van der Waals surface area contributed by atoms with E-state index in [4.69, 9.17) is 5.11 Å². The second-order valence-electron chi connectivity index (χ2n) is 3.53. The SMILES string of the molecule is O=C(O)CNC(=O)C1Cc2ccccc2S1. The van der Waals surface area contributed by atoms with Crippen LogP contribution >= 0.6 is 11.8 Å². The molecule has 0 saturated carbocycles. The van der Waals surface area contributed by atoms with Crippen LogP contribution in [0.25, 0.3) is 0 Å². The van der Waals surface area contributed by atoms with E-state index in [2.05, 4.69) is 5.32 Å². The van der Waals surface area contributed by atoms with Crippen LogP contribution in [-0.4, -0.2) is 28.8 Å². The number of hydrogen-bond acceptors (Lipinski definition) is 3. The average Bonchev–Trinajstić information content (AvgIpc) is 2.69. The normalized spacial score (nSPS) is 17.9. The molecule has 5 heteroatoms. The molecule has 0 fully saturated rings. The number of fused-ring (bicyclic) bond motifs is 1. The highest BCUT2D eigenvalue weighted by Crippen LogP contribution is 2.36. The van der Waals surface area contributed by atoms with Crippen LogP contribution in [0, 0.1) is 0 Å². The molecule has 1 unspecified atom stereocenters. The van der Waals surface area contributed by atoms with Gasteiger partial charge in [-0.2, -0.15) is 0 Å². The predicted octanol–water partition coefficient (Wildman–Crippen LogP) is 0.904. The van der Waals surface area contributed by atoms with Crippen molar-refractivity contribution in [3.63, 3.8) is 0 Å². The molecule has 0 radical (unpaired) electrons. The fourth-order valence-electron chi connectivity index (χ4n) is 1.60. The predicted molar refractivity (Wildman–Crippen MR) is 60.4 cm³/mol. The minimum Gasteiger partial charge on any atom is -0.480 e. The Kier molecular flexibility index (Phi) is 3.14. The van der Waals surface area contributed by atoms with Crippen LogP contribution in [0.2, 0.25) is 0 Å². The highest BCUT2D eigenvalue weighted by atomic mass is 32.2. The van der Waals surface area contributed by atoms with Crippen molar-refractivity contribution in [2.75, 3.05) is 6.54 Å². The molecule has 1 amide bonds. The molecule has 2 rings (SSSR count). The Balaban J connectivity index is 1.96. The zero-order chi connectivity index (χ0) is 11.5. The maximum Gasteiger partial charge on any atom is 0.322 e. The summed E-state index contributed by atoms with van der Waals surface area (Å²) in [5, 5.41) is 10.7. The van der Waals surface area contributed by atoms with Crippen molar-refractivity contribution in [3.05, 3.63) is 29.8 Å². The fourth-order valence-corrected chi connectivity index (χ4v) is 2.82. The zero-order valence-electron chi connectivity index (χ0n) is 8.47. The first kappa shape index (κ1) is 11.0. The Labute approximate surface area is 97.0 Å². The van der Waals surface area contributed by atoms with E-state index in [1.165, 1.54) is 11.8 Å². The number of hydrogen-bond donors (Lipinski definition) is 2. The molecule has 4 nitrogen and oxygen atoms in total. The number of aliphatic carboxylic acids is 1. The maximum atomic E-state index is 11.6. The fraction of sp³-hybridized carbons (Fsp3) is 0.273. The zero-order valence-corrected chi connectivity index (χ0v) is 9.29. The quantitative estimate of drug-likeness (QED) is 0.820. The Hall–Kier alpha value is -1.49. The van der Waals surface area contributed by atoms with Crippen molar-refractivity contribution >= 4 is 23.6 Å². The van der Waals surface area contributed by atoms with Gasteiger partial charge in [0.1, 0.15) is 6.54 Å². The molecule has 1 aliphatic heterocycles. The van der Waals surface area contributed by atoms with Crippen LogP contribution in [0.4, 0.5) is 0 Å². The highest BCUT2D eigenvalue weighted by Gasteiger charge is 2.27. The Bertz CT molecular complexity index is 408. The first-order valence-corrected chi connectivity index (χ1v) is 5.79. The lowest BCUT2D eigenvalue weighted by Gasteiger charge is -2.07. The lowest BCUT2D eigenvalue weighted by molar-refractivity contribution is -0.137. The van der Waals surface area contributed by atoms with Gasteiger partial charge in [0.2, 0.25) is 5.91 Å². The number of carbonyl (C=O) groups excluding carboxylic acids is 1. The molecular weight excluding hydrogens is 226 g/mol. The van der Waals surface area contributed by atoms with Crippen molar-refractivity contribution in [1.82, 2.24) is 5.32 Å². The molecule has 1 aromatic rings. The minimum absolute atomic E-state index is 0.197. The Morgan fingerprint density at radius 3 is 2.88 bits per heavy atom. The average molecular weight is 237 g/mol. The largest absolute Gasteiger partial charge is 0.480 e. The van der Waals surface area contributed by atoms with Gasteiger partial charge in [-0.05, 0) is 18.1 Å². The van der Waals surface area contributed by atoms with E-state index in [0.717, 1.165) is 10.5 Å². The molecule has 0 saturated heterocycles. The number of rotatable bonds is 3. The molecule has 2 N–H and O–H groups in total. The summed E-state index contributed by atoms with van der Waals surface area (Å²) in [6.07, 6.45) is 0.673. The first-order chi connectivity index (χ1) is 7.66. The van der Waals surface area contributed by atoms with Crippen LogP contribution < -0.4 is 5.32 Å². The molecule has 16 heavy (non-hydrogen) atoms. The third-order valence-electron chi connectivity index (χ3n) is 2.35. The lowest BCUT2D eigenvalue weighted by atomic mass is 10.1. The third-order valence-corrected chi connectivity index (χ3v) is 3.67. The van der Waals surface area contributed by atoms with E-state index in [9.17, 15) is 9.59 Å². The number of thioether (sulfide) groups is 1. The number of nitrogens with one attached hydrogen (secondary N) is 1. The molecule has 0 aliphatic carbocycles. The van der Waals surface area contributed by atoms with E-state index in [1.807, 2.05) is 24.3 Å². The van der Waals surface area contributed by atoms with E-state index >= 15 is 0 Å². The van der Waals surface area contributed by atoms with Gasteiger partial charge in [-0.15, -0.1) is 11.8 Å². The van der Waals surface area contributed by atoms with Crippen molar-refractivity contribution in [2.24, 2.45) is 0 Å². The lowest BCUT2D eigenvalue weighted by Crippen LogP contribution is -2.35. The van der Waals surface area contributed by atoms with Crippen LogP contribution in [0.15, 0.2) is 29.2 Å². The monoisotopic (exact) mass is 237 g/mol. The summed E-state index contributed by atoms with van der Waals surface area (Å²) in [7, 11) is 0. The molecule has 1 heterocycles.